The molecule has 0 bridgehead atoms. The largest absolute Gasteiger partial charge is 0.491 e. The number of benzene rings is 1. The van der Waals surface area contributed by atoms with Gasteiger partial charge in [0.25, 0.3) is 5.91 Å². The van der Waals surface area contributed by atoms with Gasteiger partial charge >= 0.3 is 5.97 Å². The monoisotopic (exact) mass is 293 g/mol. The number of carboxylic acids is 1. The molecular formula is C16H23NO4. The summed E-state index contributed by atoms with van der Waals surface area (Å²) < 4.78 is 5.51. The van der Waals surface area contributed by atoms with E-state index in [2.05, 4.69) is 5.32 Å². The first-order chi connectivity index (χ1) is 9.88. The number of hydrogen-bond acceptors (Lipinski definition) is 3. The SMILES string of the molecule is CC(CCC(=O)O)CNC(=O)c1ccc(OC(C)C)cc1. The van der Waals surface area contributed by atoms with Crippen molar-refractivity contribution in [2.24, 2.45) is 5.92 Å². The molecule has 21 heavy (non-hydrogen) atoms. The Hall–Kier alpha value is -2.04. The molecule has 5 heteroatoms. The molecule has 0 spiro atoms. The Labute approximate surface area is 125 Å². The van der Waals surface area contributed by atoms with Crippen LogP contribution in [0.3, 0.4) is 0 Å². The molecule has 0 radical (unpaired) electrons. The average molecular weight is 293 g/mol. The highest BCUT2D eigenvalue weighted by Gasteiger charge is 2.09. The maximum Gasteiger partial charge on any atom is 0.303 e. The van der Waals surface area contributed by atoms with Crippen LogP contribution in [0.2, 0.25) is 0 Å². The van der Waals surface area contributed by atoms with E-state index in [9.17, 15) is 9.59 Å². The van der Waals surface area contributed by atoms with Crippen molar-refractivity contribution in [3.05, 3.63) is 29.8 Å². The third-order valence-electron chi connectivity index (χ3n) is 2.95. The molecule has 0 saturated heterocycles. The molecule has 0 fully saturated rings. The number of carbonyl (C=O) groups is 2. The van der Waals surface area contributed by atoms with Gasteiger partial charge in [0.05, 0.1) is 6.10 Å². The molecule has 1 rings (SSSR count). The van der Waals surface area contributed by atoms with E-state index in [1.54, 1.807) is 24.3 Å². The first-order valence-corrected chi connectivity index (χ1v) is 7.15. The normalized spacial score (nSPS) is 12.0. The third-order valence-corrected chi connectivity index (χ3v) is 2.95. The number of hydrogen-bond donors (Lipinski definition) is 2. The van der Waals surface area contributed by atoms with Crippen molar-refractivity contribution in [3.63, 3.8) is 0 Å². The van der Waals surface area contributed by atoms with Gasteiger partial charge in [-0.2, -0.15) is 0 Å². The second kappa shape index (κ2) is 8.29. The molecule has 0 aliphatic rings. The fourth-order valence-electron chi connectivity index (χ4n) is 1.80. The van der Waals surface area contributed by atoms with Crippen molar-refractivity contribution in [3.8, 4) is 5.75 Å². The van der Waals surface area contributed by atoms with Gasteiger partial charge in [-0.25, -0.2) is 0 Å². The maximum atomic E-state index is 12.0. The lowest BCUT2D eigenvalue weighted by Gasteiger charge is -2.12. The van der Waals surface area contributed by atoms with Gasteiger partial charge < -0.3 is 15.2 Å². The summed E-state index contributed by atoms with van der Waals surface area (Å²) in [7, 11) is 0. The van der Waals surface area contributed by atoms with Gasteiger partial charge in [-0.05, 0) is 50.5 Å². The molecule has 0 aliphatic heterocycles. The molecule has 1 atom stereocenters. The minimum absolute atomic E-state index is 0.0970. The van der Waals surface area contributed by atoms with Crippen molar-refractivity contribution in [1.29, 1.82) is 0 Å². The number of nitrogens with one attached hydrogen (secondary N) is 1. The zero-order chi connectivity index (χ0) is 15.8. The van der Waals surface area contributed by atoms with Gasteiger partial charge in [0.15, 0.2) is 0 Å². The van der Waals surface area contributed by atoms with Crippen LogP contribution in [0.25, 0.3) is 0 Å². The minimum atomic E-state index is -0.811. The van der Waals surface area contributed by atoms with Crippen molar-refractivity contribution in [2.75, 3.05) is 6.54 Å². The minimum Gasteiger partial charge on any atom is -0.491 e. The number of amides is 1. The van der Waals surface area contributed by atoms with Crippen molar-refractivity contribution in [2.45, 2.75) is 39.7 Å². The Morgan fingerprint density at radius 2 is 1.81 bits per heavy atom. The molecule has 1 aromatic carbocycles. The van der Waals surface area contributed by atoms with Crippen LogP contribution in [0.15, 0.2) is 24.3 Å². The van der Waals surface area contributed by atoms with Gasteiger partial charge in [-0.1, -0.05) is 6.92 Å². The van der Waals surface area contributed by atoms with Crippen LogP contribution in [0.5, 0.6) is 5.75 Å². The lowest BCUT2D eigenvalue weighted by Crippen LogP contribution is -2.28. The molecule has 0 saturated carbocycles. The number of rotatable bonds is 8. The molecule has 116 valence electrons. The highest BCUT2D eigenvalue weighted by molar-refractivity contribution is 5.94. The maximum absolute atomic E-state index is 12.0. The van der Waals surface area contributed by atoms with E-state index in [-0.39, 0.29) is 24.3 Å². The Balaban J connectivity index is 2.43. The number of aliphatic carboxylic acids is 1. The fourth-order valence-corrected chi connectivity index (χ4v) is 1.80. The lowest BCUT2D eigenvalue weighted by atomic mass is 10.1. The summed E-state index contributed by atoms with van der Waals surface area (Å²) >= 11 is 0. The Kier molecular flexibility index (Phi) is 6.72. The second-order valence-corrected chi connectivity index (χ2v) is 5.44. The molecule has 5 nitrogen and oxygen atoms in total. The predicted octanol–water partition coefficient (Wildman–Crippen LogP) is 2.70. The molecule has 0 heterocycles. The highest BCUT2D eigenvalue weighted by Crippen LogP contribution is 2.14. The van der Waals surface area contributed by atoms with Gasteiger partial charge in [0.2, 0.25) is 0 Å². The van der Waals surface area contributed by atoms with Gasteiger partial charge in [0.1, 0.15) is 5.75 Å². The lowest BCUT2D eigenvalue weighted by molar-refractivity contribution is -0.137. The van der Waals surface area contributed by atoms with E-state index in [0.29, 0.717) is 18.5 Å². The number of carbonyl (C=O) groups excluding carboxylic acids is 1. The zero-order valence-corrected chi connectivity index (χ0v) is 12.8. The summed E-state index contributed by atoms with van der Waals surface area (Å²) in [5, 5.41) is 11.4. The van der Waals surface area contributed by atoms with Crippen LogP contribution < -0.4 is 10.1 Å². The Morgan fingerprint density at radius 1 is 1.19 bits per heavy atom. The van der Waals surface area contributed by atoms with E-state index in [4.69, 9.17) is 9.84 Å². The summed E-state index contributed by atoms with van der Waals surface area (Å²) in [6, 6.07) is 6.97. The Morgan fingerprint density at radius 3 is 2.33 bits per heavy atom. The van der Waals surface area contributed by atoms with E-state index in [1.807, 2.05) is 20.8 Å². The van der Waals surface area contributed by atoms with E-state index in [0.717, 1.165) is 5.75 Å². The highest BCUT2D eigenvalue weighted by atomic mass is 16.5. The summed E-state index contributed by atoms with van der Waals surface area (Å²) in [5.41, 5.74) is 0.566. The van der Waals surface area contributed by atoms with Crippen LogP contribution in [0, 0.1) is 5.92 Å². The summed E-state index contributed by atoms with van der Waals surface area (Å²) in [6.07, 6.45) is 0.773. The van der Waals surface area contributed by atoms with Crippen molar-refractivity contribution < 1.29 is 19.4 Å². The molecule has 1 aromatic rings. The fraction of sp³-hybridized carbons (Fsp3) is 0.500. The van der Waals surface area contributed by atoms with E-state index in [1.165, 1.54) is 0 Å². The molecular weight excluding hydrogens is 270 g/mol. The molecule has 1 unspecified atom stereocenters. The zero-order valence-electron chi connectivity index (χ0n) is 12.8. The second-order valence-electron chi connectivity index (χ2n) is 5.44. The van der Waals surface area contributed by atoms with Crippen LogP contribution in [-0.4, -0.2) is 29.6 Å². The van der Waals surface area contributed by atoms with Gasteiger partial charge in [-0.15, -0.1) is 0 Å². The number of carboxylic acid groups (broad SMARTS) is 1. The van der Waals surface area contributed by atoms with Crippen molar-refractivity contribution in [1.82, 2.24) is 5.32 Å². The van der Waals surface area contributed by atoms with Crippen LogP contribution in [0.1, 0.15) is 44.0 Å². The van der Waals surface area contributed by atoms with Crippen LogP contribution >= 0.6 is 0 Å². The quantitative estimate of drug-likeness (QED) is 0.772. The van der Waals surface area contributed by atoms with E-state index < -0.39 is 5.97 Å². The molecule has 0 aromatic heterocycles. The Bertz CT molecular complexity index is 468. The molecule has 0 aliphatic carbocycles. The van der Waals surface area contributed by atoms with E-state index >= 15 is 0 Å². The van der Waals surface area contributed by atoms with Gasteiger partial charge in [-0.3, -0.25) is 9.59 Å². The molecule has 2 N–H and O–H groups in total. The average Bonchev–Trinajstić information content (AvgIpc) is 2.42. The smallest absolute Gasteiger partial charge is 0.303 e. The van der Waals surface area contributed by atoms with Crippen LogP contribution in [-0.2, 0) is 4.79 Å². The predicted molar refractivity (Wildman–Crippen MR) is 80.6 cm³/mol. The summed E-state index contributed by atoms with van der Waals surface area (Å²) in [6.45, 7) is 6.28. The van der Waals surface area contributed by atoms with Gasteiger partial charge in [0, 0.05) is 18.5 Å². The number of ether oxygens (including phenoxy) is 1. The summed E-state index contributed by atoms with van der Waals surface area (Å²) in [4.78, 5) is 22.4. The van der Waals surface area contributed by atoms with Crippen molar-refractivity contribution >= 4 is 11.9 Å². The summed E-state index contributed by atoms with van der Waals surface area (Å²) in [5.74, 6) is -0.104. The molecule has 1 amide bonds. The standard InChI is InChI=1S/C16H23NO4/c1-11(2)21-14-7-5-13(6-8-14)16(20)17-10-12(3)4-9-15(18)19/h5-8,11-12H,4,9-10H2,1-3H3,(H,17,20)(H,18,19). The topological polar surface area (TPSA) is 75.6 Å². The first kappa shape index (κ1) is 17.0. The third kappa shape index (κ3) is 6.79. The van der Waals surface area contributed by atoms with Crippen LogP contribution in [0.4, 0.5) is 0 Å². The first-order valence-electron chi connectivity index (χ1n) is 7.15.